The highest BCUT2D eigenvalue weighted by Crippen LogP contribution is 2.19. The van der Waals surface area contributed by atoms with E-state index in [2.05, 4.69) is 15.6 Å². The van der Waals surface area contributed by atoms with Crippen molar-refractivity contribution in [3.8, 4) is 0 Å². The normalized spacial score (nSPS) is 16.9. The number of Topliss-reactive ketones (excluding diaryl/α,β-unsaturated/α-hetero) is 1. The molecule has 2 unspecified atom stereocenters. The van der Waals surface area contributed by atoms with E-state index in [0.717, 1.165) is 10.4 Å². The third-order valence-corrected chi connectivity index (χ3v) is 5.72. The smallest absolute Gasteiger partial charge is 0.271 e. The number of rotatable bonds is 10. The van der Waals surface area contributed by atoms with Crippen molar-refractivity contribution in [2.24, 2.45) is 0 Å². The van der Waals surface area contributed by atoms with Gasteiger partial charge in [-0.25, -0.2) is 5.01 Å². The number of benzene rings is 1. The lowest BCUT2D eigenvalue weighted by Gasteiger charge is -2.34. The summed E-state index contributed by atoms with van der Waals surface area (Å²) in [6.07, 6.45) is 2.32. The number of carbonyl (C=O) groups excluding carboxylic acids is 6. The lowest BCUT2D eigenvalue weighted by atomic mass is 10.1. The van der Waals surface area contributed by atoms with Gasteiger partial charge in [0, 0.05) is 31.0 Å². The van der Waals surface area contributed by atoms with Crippen LogP contribution in [0.4, 0.5) is 0 Å². The van der Waals surface area contributed by atoms with Crippen LogP contribution in [-0.2, 0) is 24.0 Å². The number of aromatic nitrogens is 1. The van der Waals surface area contributed by atoms with Crippen molar-refractivity contribution in [2.75, 3.05) is 13.1 Å². The van der Waals surface area contributed by atoms with Crippen LogP contribution >= 0.6 is 0 Å². The maximum Gasteiger partial charge on any atom is 0.271 e. The SMILES string of the molecule is CCCN1C(=O)CCC(NC(=O)c2nccc3ccccc23)C(=O)N1CC(=O)NC(C=O)CC(C)=O. The van der Waals surface area contributed by atoms with E-state index >= 15 is 0 Å². The van der Waals surface area contributed by atoms with Crippen molar-refractivity contribution in [2.45, 2.75) is 51.6 Å². The van der Waals surface area contributed by atoms with E-state index in [9.17, 15) is 28.8 Å². The Morgan fingerprint density at radius 2 is 1.92 bits per heavy atom. The molecular weight excluding hydrogens is 466 g/mol. The van der Waals surface area contributed by atoms with Crippen molar-refractivity contribution in [1.82, 2.24) is 25.6 Å². The molecule has 1 aromatic carbocycles. The van der Waals surface area contributed by atoms with E-state index in [-0.39, 0.29) is 43.2 Å². The summed E-state index contributed by atoms with van der Waals surface area (Å²) in [5, 5.41) is 8.71. The Balaban J connectivity index is 1.82. The highest BCUT2D eigenvalue weighted by atomic mass is 16.2. The number of hydrogen-bond acceptors (Lipinski definition) is 7. The molecule has 2 heterocycles. The van der Waals surface area contributed by atoms with Crippen molar-refractivity contribution >= 4 is 46.5 Å². The maximum atomic E-state index is 13.5. The molecule has 1 aromatic heterocycles. The molecule has 1 aliphatic heterocycles. The van der Waals surface area contributed by atoms with Gasteiger partial charge in [-0.2, -0.15) is 0 Å². The number of pyridine rings is 1. The van der Waals surface area contributed by atoms with E-state index in [1.165, 1.54) is 18.1 Å². The molecule has 1 aliphatic rings. The predicted octanol–water partition coefficient (Wildman–Crippen LogP) is 0.772. The minimum Gasteiger partial charge on any atom is -0.345 e. The first-order valence-electron chi connectivity index (χ1n) is 11.8. The Kier molecular flexibility index (Phi) is 8.82. The third-order valence-electron chi connectivity index (χ3n) is 5.72. The Hall–Kier alpha value is -4.15. The summed E-state index contributed by atoms with van der Waals surface area (Å²) in [5.74, 6) is -2.57. The second kappa shape index (κ2) is 12.0. The van der Waals surface area contributed by atoms with Crippen LogP contribution in [-0.4, -0.2) is 75.9 Å². The van der Waals surface area contributed by atoms with E-state index in [1.807, 2.05) is 19.1 Å². The molecule has 3 rings (SSSR count). The van der Waals surface area contributed by atoms with Gasteiger partial charge in [-0.3, -0.25) is 34.0 Å². The number of fused-ring (bicyclic) bond motifs is 1. The first kappa shape index (κ1) is 26.5. The number of carbonyl (C=O) groups is 6. The monoisotopic (exact) mass is 495 g/mol. The Morgan fingerprint density at radius 3 is 2.61 bits per heavy atom. The number of ketones is 1. The largest absolute Gasteiger partial charge is 0.345 e. The zero-order valence-corrected chi connectivity index (χ0v) is 20.2. The average Bonchev–Trinajstić information content (AvgIpc) is 2.95. The average molecular weight is 496 g/mol. The quantitative estimate of drug-likeness (QED) is 0.463. The summed E-state index contributed by atoms with van der Waals surface area (Å²) >= 11 is 0. The van der Waals surface area contributed by atoms with Crippen LogP contribution in [0.2, 0.25) is 0 Å². The molecule has 2 N–H and O–H groups in total. The molecule has 36 heavy (non-hydrogen) atoms. The third kappa shape index (κ3) is 6.29. The molecular formula is C25H29N5O6. The molecule has 11 heteroatoms. The fraction of sp³-hybridized carbons (Fsp3) is 0.400. The molecule has 11 nitrogen and oxygen atoms in total. The van der Waals surface area contributed by atoms with Gasteiger partial charge in [-0.05, 0) is 31.2 Å². The van der Waals surface area contributed by atoms with Gasteiger partial charge < -0.3 is 15.4 Å². The Morgan fingerprint density at radius 1 is 1.17 bits per heavy atom. The summed E-state index contributed by atoms with van der Waals surface area (Å²) in [4.78, 5) is 78.8. The van der Waals surface area contributed by atoms with Gasteiger partial charge in [0.1, 0.15) is 30.3 Å². The van der Waals surface area contributed by atoms with Gasteiger partial charge in [0.2, 0.25) is 11.8 Å². The molecule has 2 atom stereocenters. The van der Waals surface area contributed by atoms with Crippen LogP contribution in [0.3, 0.4) is 0 Å². The van der Waals surface area contributed by atoms with Crippen LogP contribution in [0.15, 0.2) is 36.5 Å². The summed E-state index contributed by atoms with van der Waals surface area (Å²) in [6, 6.07) is 6.85. The van der Waals surface area contributed by atoms with Gasteiger partial charge in [-0.1, -0.05) is 31.2 Å². The predicted molar refractivity (Wildman–Crippen MR) is 129 cm³/mol. The Labute approximate surface area is 208 Å². The minimum absolute atomic E-state index is 0.0148. The number of nitrogens with zero attached hydrogens (tertiary/aromatic N) is 3. The molecule has 1 saturated heterocycles. The fourth-order valence-electron chi connectivity index (χ4n) is 4.07. The lowest BCUT2D eigenvalue weighted by Crippen LogP contribution is -2.57. The Bertz CT molecular complexity index is 1180. The van der Waals surface area contributed by atoms with Crippen LogP contribution in [0.25, 0.3) is 10.8 Å². The molecule has 0 aliphatic carbocycles. The van der Waals surface area contributed by atoms with E-state index in [4.69, 9.17) is 0 Å². The second-order valence-electron chi connectivity index (χ2n) is 8.57. The van der Waals surface area contributed by atoms with E-state index < -0.39 is 36.3 Å². The van der Waals surface area contributed by atoms with Crippen molar-refractivity contribution in [3.05, 3.63) is 42.2 Å². The van der Waals surface area contributed by atoms with Gasteiger partial charge >= 0.3 is 0 Å². The first-order valence-corrected chi connectivity index (χ1v) is 11.8. The topological polar surface area (TPSA) is 146 Å². The van der Waals surface area contributed by atoms with Crippen molar-refractivity contribution in [1.29, 1.82) is 0 Å². The maximum absolute atomic E-state index is 13.5. The number of aldehydes is 1. The summed E-state index contributed by atoms with van der Waals surface area (Å²) < 4.78 is 0. The van der Waals surface area contributed by atoms with Gasteiger partial charge in [0.15, 0.2) is 0 Å². The van der Waals surface area contributed by atoms with E-state index in [0.29, 0.717) is 18.1 Å². The number of hydrogen-bond donors (Lipinski definition) is 2. The summed E-state index contributed by atoms with van der Waals surface area (Å²) in [7, 11) is 0. The molecule has 0 radical (unpaired) electrons. The molecule has 4 amide bonds. The summed E-state index contributed by atoms with van der Waals surface area (Å²) in [6.45, 7) is 2.75. The standard InChI is InChI=1S/C25H29N5O6/c1-3-12-29-22(34)9-8-20(25(36)30(29)14-21(33)27-18(15-31)13-16(2)32)28-24(35)23-19-7-5-4-6-17(19)10-11-26-23/h4-7,10-11,15,18,20H,3,8-9,12-14H2,1-2H3,(H,27,33)(H,28,35). The van der Waals surface area contributed by atoms with Crippen molar-refractivity contribution < 1.29 is 28.8 Å². The van der Waals surface area contributed by atoms with Crippen molar-refractivity contribution in [3.63, 3.8) is 0 Å². The highest BCUT2D eigenvalue weighted by Gasteiger charge is 2.37. The molecule has 0 saturated carbocycles. The lowest BCUT2D eigenvalue weighted by molar-refractivity contribution is -0.164. The van der Waals surface area contributed by atoms with Crippen LogP contribution < -0.4 is 10.6 Å². The highest BCUT2D eigenvalue weighted by molar-refractivity contribution is 6.06. The number of amides is 4. The summed E-state index contributed by atoms with van der Waals surface area (Å²) in [5.41, 5.74) is 0.143. The van der Waals surface area contributed by atoms with Crippen LogP contribution in [0, 0.1) is 0 Å². The number of nitrogens with one attached hydrogen (secondary N) is 2. The fourth-order valence-corrected chi connectivity index (χ4v) is 4.07. The zero-order chi connectivity index (χ0) is 26.2. The molecule has 0 bridgehead atoms. The van der Waals surface area contributed by atoms with Crippen LogP contribution in [0.1, 0.15) is 50.0 Å². The molecule has 1 fully saturated rings. The minimum atomic E-state index is -1.07. The first-order chi connectivity index (χ1) is 17.2. The van der Waals surface area contributed by atoms with Gasteiger partial charge in [-0.15, -0.1) is 0 Å². The molecule has 0 spiro atoms. The number of hydrazine groups is 1. The van der Waals surface area contributed by atoms with Gasteiger partial charge in [0.25, 0.3) is 11.8 Å². The zero-order valence-electron chi connectivity index (χ0n) is 20.2. The second-order valence-corrected chi connectivity index (χ2v) is 8.57. The van der Waals surface area contributed by atoms with Gasteiger partial charge in [0.05, 0.1) is 6.04 Å². The van der Waals surface area contributed by atoms with Crippen LogP contribution in [0.5, 0.6) is 0 Å². The van der Waals surface area contributed by atoms with E-state index in [1.54, 1.807) is 18.2 Å². The molecule has 190 valence electrons. The molecule has 2 aromatic rings.